The summed E-state index contributed by atoms with van der Waals surface area (Å²) < 4.78 is 5.52. The molecule has 1 fully saturated rings. The molecule has 0 amide bonds. The number of anilines is 3. The monoisotopic (exact) mass is 326 g/mol. The van der Waals surface area contributed by atoms with E-state index in [2.05, 4.69) is 33.4 Å². The summed E-state index contributed by atoms with van der Waals surface area (Å²) >= 11 is 0. The van der Waals surface area contributed by atoms with Crippen molar-refractivity contribution in [2.45, 2.75) is 32.2 Å². The molecule has 24 heavy (non-hydrogen) atoms. The van der Waals surface area contributed by atoms with Crippen molar-refractivity contribution < 1.29 is 4.74 Å². The highest BCUT2D eigenvalue weighted by molar-refractivity contribution is 5.59. The Bertz CT molecular complexity index is 734. The predicted octanol–water partition coefficient (Wildman–Crippen LogP) is 2.57. The van der Waals surface area contributed by atoms with E-state index in [0.717, 1.165) is 23.7 Å². The van der Waals surface area contributed by atoms with Gasteiger partial charge in [0.2, 0.25) is 0 Å². The van der Waals surface area contributed by atoms with Gasteiger partial charge >= 0.3 is 0 Å². The average molecular weight is 326 g/mol. The first kappa shape index (κ1) is 16.3. The molecule has 1 aliphatic rings. The molecule has 0 radical (unpaired) electrons. The number of hydrogen-bond donors (Lipinski definition) is 2. The Balaban J connectivity index is 2.01. The van der Waals surface area contributed by atoms with Gasteiger partial charge in [-0.25, -0.2) is 4.98 Å². The zero-order valence-corrected chi connectivity index (χ0v) is 14.2. The third kappa shape index (κ3) is 3.34. The normalized spacial score (nSPS) is 18.2. The van der Waals surface area contributed by atoms with Gasteiger partial charge in [0, 0.05) is 12.6 Å². The summed E-state index contributed by atoms with van der Waals surface area (Å²) in [7, 11) is 0. The standard InChI is InChI=1S/C17H22N6O/c1-12-10-24-7-6-23(12)16-9-13(17(2,3)11-18)8-15(21-16)20-14-4-5-19-22-14/h4-5,8-9,12H,6-7,10H2,1-3H3,(H2,19,20,21,22)/t12-/m1/s1. The average Bonchev–Trinajstić information content (AvgIpc) is 3.08. The van der Waals surface area contributed by atoms with Gasteiger partial charge in [-0.15, -0.1) is 0 Å². The van der Waals surface area contributed by atoms with E-state index in [0.29, 0.717) is 19.0 Å². The van der Waals surface area contributed by atoms with Gasteiger partial charge in [-0.1, -0.05) is 0 Å². The number of ether oxygens (including phenoxy) is 1. The maximum atomic E-state index is 9.51. The van der Waals surface area contributed by atoms with Gasteiger partial charge in [0.15, 0.2) is 0 Å². The van der Waals surface area contributed by atoms with Crippen LogP contribution >= 0.6 is 0 Å². The Labute approximate surface area is 141 Å². The molecule has 7 heteroatoms. The van der Waals surface area contributed by atoms with Gasteiger partial charge in [0.1, 0.15) is 17.5 Å². The van der Waals surface area contributed by atoms with Crippen LogP contribution in [-0.2, 0) is 10.2 Å². The van der Waals surface area contributed by atoms with E-state index in [1.807, 2.05) is 32.0 Å². The smallest absolute Gasteiger partial charge is 0.134 e. The second kappa shape index (κ2) is 6.49. The van der Waals surface area contributed by atoms with Crippen molar-refractivity contribution in [1.29, 1.82) is 5.26 Å². The summed E-state index contributed by atoms with van der Waals surface area (Å²) in [6.45, 7) is 8.08. The third-order valence-electron chi connectivity index (χ3n) is 4.24. The minimum Gasteiger partial charge on any atom is -0.377 e. The number of rotatable bonds is 4. The summed E-state index contributed by atoms with van der Waals surface area (Å²) in [5.74, 6) is 2.30. The van der Waals surface area contributed by atoms with E-state index in [1.54, 1.807) is 6.20 Å². The second-order valence-electron chi connectivity index (χ2n) is 6.55. The van der Waals surface area contributed by atoms with E-state index >= 15 is 0 Å². The minimum atomic E-state index is -0.600. The molecule has 2 aromatic heterocycles. The lowest BCUT2D eigenvalue weighted by Crippen LogP contribution is -2.44. The Morgan fingerprint density at radius 1 is 1.46 bits per heavy atom. The molecule has 0 bridgehead atoms. The zero-order valence-electron chi connectivity index (χ0n) is 14.2. The lowest BCUT2D eigenvalue weighted by Gasteiger charge is -2.35. The van der Waals surface area contributed by atoms with Crippen LogP contribution < -0.4 is 10.2 Å². The largest absolute Gasteiger partial charge is 0.377 e. The molecule has 0 aromatic carbocycles. The number of hydrogen-bond acceptors (Lipinski definition) is 6. The molecule has 1 atom stereocenters. The maximum absolute atomic E-state index is 9.51. The number of aromatic amines is 1. The first-order valence-corrected chi connectivity index (χ1v) is 8.04. The molecule has 0 unspecified atom stereocenters. The highest BCUT2D eigenvalue weighted by Crippen LogP contribution is 2.30. The van der Waals surface area contributed by atoms with Crippen LogP contribution in [0.5, 0.6) is 0 Å². The minimum absolute atomic E-state index is 0.242. The van der Waals surface area contributed by atoms with Crippen molar-refractivity contribution in [3.05, 3.63) is 30.0 Å². The van der Waals surface area contributed by atoms with Crippen molar-refractivity contribution in [2.24, 2.45) is 0 Å². The zero-order chi connectivity index (χ0) is 17.2. The molecule has 126 valence electrons. The topological polar surface area (TPSA) is 89.9 Å². The molecular weight excluding hydrogens is 304 g/mol. The number of nitrogens with zero attached hydrogens (tertiary/aromatic N) is 4. The van der Waals surface area contributed by atoms with Gasteiger partial charge < -0.3 is 15.0 Å². The van der Waals surface area contributed by atoms with Gasteiger partial charge in [-0.05, 0) is 38.5 Å². The summed E-state index contributed by atoms with van der Waals surface area (Å²) in [6, 6.07) is 8.36. The first-order chi connectivity index (χ1) is 11.5. The number of H-pyrrole nitrogens is 1. The second-order valence-corrected chi connectivity index (χ2v) is 6.55. The molecule has 7 nitrogen and oxygen atoms in total. The fraction of sp³-hybridized carbons (Fsp3) is 0.471. The van der Waals surface area contributed by atoms with Crippen LogP contribution in [0.25, 0.3) is 0 Å². The molecule has 0 aliphatic carbocycles. The number of nitrogens with one attached hydrogen (secondary N) is 2. The van der Waals surface area contributed by atoms with Gasteiger partial charge in [-0.3, -0.25) is 5.10 Å². The van der Waals surface area contributed by atoms with Crippen LogP contribution in [-0.4, -0.2) is 41.0 Å². The highest BCUT2D eigenvalue weighted by Gasteiger charge is 2.25. The van der Waals surface area contributed by atoms with Crippen molar-refractivity contribution in [1.82, 2.24) is 15.2 Å². The quantitative estimate of drug-likeness (QED) is 0.897. The van der Waals surface area contributed by atoms with Crippen LogP contribution in [0.3, 0.4) is 0 Å². The Morgan fingerprint density at radius 2 is 2.29 bits per heavy atom. The van der Waals surface area contributed by atoms with Crippen molar-refractivity contribution in [2.75, 3.05) is 30.0 Å². The van der Waals surface area contributed by atoms with Crippen molar-refractivity contribution in [3.63, 3.8) is 0 Å². The molecular formula is C17H22N6O. The van der Waals surface area contributed by atoms with Crippen molar-refractivity contribution >= 4 is 17.5 Å². The van der Waals surface area contributed by atoms with Crippen LogP contribution in [0, 0.1) is 11.3 Å². The van der Waals surface area contributed by atoms with Crippen LogP contribution in [0.15, 0.2) is 24.4 Å². The lowest BCUT2D eigenvalue weighted by atomic mass is 9.86. The molecule has 2 aromatic rings. The molecule has 0 spiro atoms. The van der Waals surface area contributed by atoms with Crippen molar-refractivity contribution in [3.8, 4) is 6.07 Å². The summed E-state index contributed by atoms with van der Waals surface area (Å²) in [5, 5.41) is 19.5. The Hall–Kier alpha value is -2.59. The number of aromatic nitrogens is 3. The molecule has 3 heterocycles. The van der Waals surface area contributed by atoms with Crippen LogP contribution in [0.4, 0.5) is 17.5 Å². The van der Waals surface area contributed by atoms with E-state index < -0.39 is 5.41 Å². The molecule has 3 rings (SSSR count). The van der Waals surface area contributed by atoms with Crippen LogP contribution in [0.2, 0.25) is 0 Å². The molecule has 1 aliphatic heterocycles. The Morgan fingerprint density at radius 3 is 2.96 bits per heavy atom. The van der Waals surface area contributed by atoms with E-state index in [-0.39, 0.29) is 6.04 Å². The number of morpholine rings is 1. The fourth-order valence-electron chi connectivity index (χ4n) is 2.68. The van der Waals surface area contributed by atoms with E-state index in [9.17, 15) is 5.26 Å². The predicted molar refractivity (Wildman–Crippen MR) is 92.4 cm³/mol. The fourth-order valence-corrected chi connectivity index (χ4v) is 2.68. The van der Waals surface area contributed by atoms with E-state index in [1.165, 1.54) is 0 Å². The maximum Gasteiger partial charge on any atom is 0.134 e. The van der Waals surface area contributed by atoms with Gasteiger partial charge in [0.05, 0.1) is 36.9 Å². The lowest BCUT2D eigenvalue weighted by molar-refractivity contribution is 0.0985. The van der Waals surface area contributed by atoms with Gasteiger partial charge in [-0.2, -0.15) is 10.4 Å². The molecule has 2 N–H and O–H groups in total. The molecule has 0 saturated carbocycles. The molecule has 1 saturated heterocycles. The Kier molecular flexibility index (Phi) is 4.40. The first-order valence-electron chi connectivity index (χ1n) is 8.04. The van der Waals surface area contributed by atoms with Gasteiger partial charge in [0.25, 0.3) is 0 Å². The third-order valence-corrected chi connectivity index (χ3v) is 4.24. The summed E-state index contributed by atoms with van der Waals surface area (Å²) in [5.41, 5.74) is 0.327. The number of pyridine rings is 1. The highest BCUT2D eigenvalue weighted by atomic mass is 16.5. The summed E-state index contributed by atoms with van der Waals surface area (Å²) in [6.07, 6.45) is 1.68. The SMILES string of the molecule is C[C@@H]1COCCN1c1cc(C(C)(C)C#N)cc(Nc2ccn[nH]2)n1. The summed E-state index contributed by atoms with van der Waals surface area (Å²) in [4.78, 5) is 6.95. The van der Waals surface area contributed by atoms with Crippen LogP contribution in [0.1, 0.15) is 26.3 Å². The number of nitriles is 1. The van der Waals surface area contributed by atoms with E-state index in [4.69, 9.17) is 9.72 Å².